The predicted molar refractivity (Wildman–Crippen MR) is 44.9 cm³/mol. The largest absolute Gasteiger partial charge is 0.212 e. The molecule has 1 aliphatic carbocycles. The fraction of sp³-hybridized carbons (Fsp3) is 1.00. The van der Waals surface area contributed by atoms with Crippen LogP contribution >= 0.6 is 0 Å². The van der Waals surface area contributed by atoms with E-state index in [1.807, 2.05) is 0 Å². The first-order valence-electron chi connectivity index (χ1n) is 4.14. The molecule has 0 unspecified atom stereocenters. The molecule has 3 nitrogen and oxygen atoms in total. The smallest absolute Gasteiger partial charge is 0.211 e. The second kappa shape index (κ2) is 3.54. The van der Waals surface area contributed by atoms with Crippen LogP contribution in [0.5, 0.6) is 0 Å². The summed E-state index contributed by atoms with van der Waals surface area (Å²) in [5, 5.41) is 0. The molecular weight excluding hydrogens is 162 g/mol. The molecule has 1 aliphatic rings. The maximum atomic E-state index is 11.0. The van der Waals surface area contributed by atoms with Gasteiger partial charge in [0, 0.05) is 6.04 Å². The van der Waals surface area contributed by atoms with Crippen molar-refractivity contribution in [2.45, 2.75) is 38.6 Å². The highest BCUT2D eigenvalue weighted by molar-refractivity contribution is 7.89. The Bertz CT molecular complexity index is 204. The minimum Gasteiger partial charge on any atom is -0.212 e. The molecule has 1 saturated carbocycles. The van der Waals surface area contributed by atoms with Crippen LogP contribution in [0, 0.1) is 0 Å². The minimum absolute atomic E-state index is 0.198. The summed E-state index contributed by atoms with van der Waals surface area (Å²) in [6.07, 6.45) is 4.35. The monoisotopic (exact) mass is 177 g/mol. The van der Waals surface area contributed by atoms with Gasteiger partial charge in [0.05, 0.1) is 5.75 Å². The second-order valence-electron chi connectivity index (χ2n) is 3.00. The fourth-order valence-corrected chi connectivity index (χ4v) is 2.29. The normalized spacial score (nSPS) is 20.8. The first kappa shape index (κ1) is 9.00. The van der Waals surface area contributed by atoms with Crippen LogP contribution in [-0.2, 0) is 10.0 Å². The van der Waals surface area contributed by atoms with E-state index >= 15 is 0 Å². The van der Waals surface area contributed by atoms with Gasteiger partial charge in [0.1, 0.15) is 0 Å². The summed E-state index contributed by atoms with van der Waals surface area (Å²) in [5.74, 6) is 0.198. The van der Waals surface area contributed by atoms with E-state index in [1.54, 1.807) is 6.92 Å². The Kier molecular flexibility index (Phi) is 2.90. The number of hydrogen-bond donors (Lipinski definition) is 1. The lowest BCUT2D eigenvalue weighted by Gasteiger charge is -2.10. The fourth-order valence-electron chi connectivity index (χ4n) is 1.38. The predicted octanol–water partition coefficient (Wildman–Crippen LogP) is 0.868. The summed E-state index contributed by atoms with van der Waals surface area (Å²) in [6.45, 7) is 1.66. The lowest BCUT2D eigenvalue weighted by molar-refractivity contribution is 0.553. The second-order valence-corrected chi connectivity index (χ2v) is 5.05. The van der Waals surface area contributed by atoms with E-state index in [4.69, 9.17) is 0 Å². The third kappa shape index (κ3) is 2.79. The van der Waals surface area contributed by atoms with Crippen LogP contribution in [0.1, 0.15) is 32.6 Å². The Balaban J connectivity index is 2.41. The molecule has 66 valence electrons. The lowest BCUT2D eigenvalue weighted by Crippen LogP contribution is -2.33. The average molecular weight is 177 g/mol. The van der Waals surface area contributed by atoms with Crippen LogP contribution in [0.15, 0.2) is 0 Å². The van der Waals surface area contributed by atoms with Crippen molar-refractivity contribution in [3.63, 3.8) is 0 Å². The molecule has 0 saturated heterocycles. The highest BCUT2D eigenvalue weighted by Crippen LogP contribution is 2.18. The van der Waals surface area contributed by atoms with E-state index in [1.165, 1.54) is 0 Å². The van der Waals surface area contributed by atoms with Gasteiger partial charge in [0.2, 0.25) is 10.0 Å². The summed E-state index contributed by atoms with van der Waals surface area (Å²) < 4.78 is 24.8. The molecule has 1 rings (SSSR count). The van der Waals surface area contributed by atoms with Crippen molar-refractivity contribution in [3.8, 4) is 0 Å². The molecular formula is C7H15NO2S. The molecule has 11 heavy (non-hydrogen) atoms. The molecule has 1 fully saturated rings. The van der Waals surface area contributed by atoms with Crippen LogP contribution in [0.25, 0.3) is 0 Å². The molecule has 0 aliphatic heterocycles. The Labute approximate surface area is 68.2 Å². The molecule has 0 amide bonds. The number of nitrogens with one attached hydrogen (secondary N) is 1. The minimum atomic E-state index is -2.95. The zero-order chi connectivity index (χ0) is 8.32. The SMILES string of the molecule is CCS(=O)(=O)NC1CCCC1. The van der Waals surface area contributed by atoms with E-state index in [2.05, 4.69) is 4.72 Å². The van der Waals surface area contributed by atoms with Crippen molar-refractivity contribution < 1.29 is 8.42 Å². The average Bonchev–Trinajstić information content (AvgIpc) is 2.39. The molecule has 0 atom stereocenters. The van der Waals surface area contributed by atoms with Crippen molar-refractivity contribution in [2.75, 3.05) is 5.75 Å². The molecule has 0 aromatic carbocycles. The zero-order valence-corrected chi connectivity index (χ0v) is 7.65. The Morgan fingerprint density at radius 1 is 1.36 bits per heavy atom. The van der Waals surface area contributed by atoms with Gasteiger partial charge in [0.15, 0.2) is 0 Å². The number of sulfonamides is 1. The van der Waals surface area contributed by atoms with Crippen molar-refractivity contribution >= 4 is 10.0 Å². The molecule has 0 aromatic heterocycles. The topological polar surface area (TPSA) is 46.2 Å². The van der Waals surface area contributed by atoms with Gasteiger partial charge in [-0.25, -0.2) is 13.1 Å². The third-order valence-electron chi connectivity index (χ3n) is 2.08. The summed E-state index contributed by atoms with van der Waals surface area (Å²) in [7, 11) is -2.95. The Morgan fingerprint density at radius 2 is 1.91 bits per heavy atom. The van der Waals surface area contributed by atoms with Gasteiger partial charge >= 0.3 is 0 Å². The molecule has 4 heteroatoms. The van der Waals surface area contributed by atoms with E-state index in [0.717, 1.165) is 25.7 Å². The van der Waals surface area contributed by atoms with Crippen LogP contribution < -0.4 is 4.72 Å². The van der Waals surface area contributed by atoms with Gasteiger partial charge in [-0.1, -0.05) is 12.8 Å². The van der Waals surface area contributed by atoms with E-state index in [0.29, 0.717) is 0 Å². The third-order valence-corrected chi connectivity index (χ3v) is 3.53. The first-order valence-corrected chi connectivity index (χ1v) is 5.79. The standard InChI is InChI=1S/C7H15NO2S/c1-2-11(9,10)8-7-5-3-4-6-7/h7-8H,2-6H2,1H3. The van der Waals surface area contributed by atoms with Crippen molar-refractivity contribution in [1.82, 2.24) is 4.72 Å². The quantitative estimate of drug-likeness (QED) is 0.695. The molecule has 0 spiro atoms. The van der Waals surface area contributed by atoms with E-state index < -0.39 is 10.0 Å². The van der Waals surface area contributed by atoms with Crippen LogP contribution in [0.3, 0.4) is 0 Å². The van der Waals surface area contributed by atoms with Gasteiger partial charge in [-0.15, -0.1) is 0 Å². The highest BCUT2D eigenvalue weighted by atomic mass is 32.2. The molecule has 0 heterocycles. The molecule has 0 bridgehead atoms. The molecule has 1 N–H and O–H groups in total. The maximum absolute atomic E-state index is 11.0. The van der Waals surface area contributed by atoms with Crippen molar-refractivity contribution in [1.29, 1.82) is 0 Å². The summed E-state index contributed by atoms with van der Waals surface area (Å²) in [4.78, 5) is 0. The first-order chi connectivity index (χ1) is 5.14. The van der Waals surface area contributed by atoms with Crippen LogP contribution in [0.4, 0.5) is 0 Å². The van der Waals surface area contributed by atoms with E-state index in [9.17, 15) is 8.42 Å². The zero-order valence-electron chi connectivity index (χ0n) is 6.84. The van der Waals surface area contributed by atoms with Crippen LogP contribution in [-0.4, -0.2) is 20.2 Å². The molecule has 0 radical (unpaired) electrons. The van der Waals surface area contributed by atoms with Gasteiger partial charge in [-0.3, -0.25) is 0 Å². The number of rotatable bonds is 3. The lowest BCUT2D eigenvalue weighted by atomic mass is 10.3. The maximum Gasteiger partial charge on any atom is 0.211 e. The van der Waals surface area contributed by atoms with Gasteiger partial charge in [0.25, 0.3) is 0 Å². The highest BCUT2D eigenvalue weighted by Gasteiger charge is 2.19. The van der Waals surface area contributed by atoms with Crippen molar-refractivity contribution in [3.05, 3.63) is 0 Å². The van der Waals surface area contributed by atoms with Gasteiger partial charge in [-0.05, 0) is 19.8 Å². The van der Waals surface area contributed by atoms with Gasteiger partial charge < -0.3 is 0 Å². The Hall–Kier alpha value is -0.0900. The number of hydrogen-bond acceptors (Lipinski definition) is 2. The summed E-state index contributed by atoms with van der Waals surface area (Å²) in [6, 6.07) is 0.222. The van der Waals surface area contributed by atoms with Crippen molar-refractivity contribution in [2.24, 2.45) is 0 Å². The van der Waals surface area contributed by atoms with Gasteiger partial charge in [-0.2, -0.15) is 0 Å². The van der Waals surface area contributed by atoms with Crippen LogP contribution in [0.2, 0.25) is 0 Å². The summed E-state index contributed by atoms with van der Waals surface area (Å²) in [5.41, 5.74) is 0. The summed E-state index contributed by atoms with van der Waals surface area (Å²) >= 11 is 0. The Morgan fingerprint density at radius 3 is 2.36 bits per heavy atom. The molecule has 0 aromatic rings. The van der Waals surface area contributed by atoms with E-state index in [-0.39, 0.29) is 11.8 Å².